The molecule has 0 saturated carbocycles. The van der Waals surface area contributed by atoms with E-state index in [1.54, 1.807) is 0 Å². The van der Waals surface area contributed by atoms with Gasteiger partial charge in [0.25, 0.3) is 0 Å². The molecule has 98 valence electrons. The number of hydrogen-bond donors (Lipinski definition) is 1. The predicted octanol–water partition coefficient (Wildman–Crippen LogP) is 3.67. The van der Waals surface area contributed by atoms with E-state index in [2.05, 4.69) is 4.98 Å². The van der Waals surface area contributed by atoms with E-state index in [9.17, 15) is 4.79 Å². The molecule has 6 heteroatoms. The van der Waals surface area contributed by atoms with Crippen molar-refractivity contribution < 1.29 is 14.6 Å². The van der Waals surface area contributed by atoms with Gasteiger partial charge < -0.3 is 9.84 Å². The zero-order valence-electron chi connectivity index (χ0n) is 9.64. The third-order valence-electron chi connectivity index (χ3n) is 2.36. The van der Waals surface area contributed by atoms with Gasteiger partial charge in [-0.1, -0.05) is 53.5 Å². The fourth-order valence-corrected chi connectivity index (χ4v) is 2.00. The van der Waals surface area contributed by atoms with Gasteiger partial charge in [-0.05, 0) is 5.56 Å². The van der Waals surface area contributed by atoms with Gasteiger partial charge >= 0.3 is 5.97 Å². The molecule has 2 rings (SSSR count). The molecule has 0 aliphatic rings. The fourth-order valence-electron chi connectivity index (χ4n) is 1.51. The summed E-state index contributed by atoms with van der Waals surface area (Å²) in [7, 11) is 0. The Hall–Kier alpha value is -1.78. The Balaban J connectivity index is 2.27. The highest BCUT2D eigenvalue weighted by Gasteiger charge is 2.18. The summed E-state index contributed by atoms with van der Waals surface area (Å²) >= 11 is 11.5. The second kappa shape index (κ2) is 5.91. The molecule has 2 aromatic rings. The lowest BCUT2D eigenvalue weighted by molar-refractivity contribution is 0.0691. The minimum atomic E-state index is -1.21. The maximum atomic E-state index is 11.1. The van der Waals surface area contributed by atoms with E-state index in [0.29, 0.717) is 0 Å². The molecule has 0 saturated heterocycles. The van der Waals surface area contributed by atoms with Crippen LogP contribution in [0.5, 0.6) is 5.75 Å². The van der Waals surface area contributed by atoms with E-state index in [1.807, 2.05) is 30.3 Å². The topological polar surface area (TPSA) is 59.4 Å². The van der Waals surface area contributed by atoms with Crippen LogP contribution < -0.4 is 4.74 Å². The number of aromatic carboxylic acids is 1. The number of benzene rings is 1. The van der Waals surface area contributed by atoms with Crippen LogP contribution in [0.15, 0.2) is 36.4 Å². The summed E-state index contributed by atoms with van der Waals surface area (Å²) in [5.74, 6) is -1.11. The summed E-state index contributed by atoms with van der Waals surface area (Å²) in [6.45, 7) is 0.220. The van der Waals surface area contributed by atoms with Crippen LogP contribution in [0.4, 0.5) is 0 Å². The zero-order valence-corrected chi connectivity index (χ0v) is 11.1. The number of carboxylic acid groups (broad SMARTS) is 1. The molecule has 0 bridgehead atoms. The van der Waals surface area contributed by atoms with E-state index in [1.165, 1.54) is 6.07 Å². The lowest BCUT2D eigenvalue weighted by Crippen LogP contribution is -2.05. The fraction of sp³-hybridized carbons (Fsp3) is 0.0769. The first-order valence-electron chi connectivity index (χ1n) is 5.34. The second-order valence-electron chi connectivity index (χ2n) is 3.69. The van der Waals surface area contributed by atoms with Crippen LogP contribution in [0.2, 0.25) is 10.3 Å². The molecule has 0 radical (unpaired) electrons. The summed E-state index contributed by atoms with van der Waals surface area (Å²) < 4.78 is 5.46. The van der Waals surface area contributed by atoms with Gasteiger partial charge in [0.1, 0.15) is 28.2 Å². The van der Waals surface area contributed by atoms with Crippen molar-refractivity contribution >= 4 is 29.2 Å². The van der Waals surface area contributed by atoms with Crippen molar-refractivity contribution in [3.05, 3.63) is 57.8 Å². The quantitative estimate of drug-likeness (QED) is 0.875. The molecule has 19 heavy (non-hydrogen) atoms. The SMILES string of the molecule is O=C(O)c1c(OCc2ccccc2)cc(Cl)nc1Cl. The number of aromatic nitrogens is 1. The molecule has 0 unspecified atom stereocenters. The maximum Gasteiger partial charge on any atom is 0.342 e. The normalized spacial score (nSPS) is 10.2. The molecule has 4 nitrogen and oxygen atoms in total. The lowest BCUT2D eigenvalue weighted by Gasteiger charge is -2.10. The Morgan fingerprint density at radius 3 is 2.58 bits per heavy atom. The highest BCUT2D eigenvalue weighted by atomic mass is 35.5. The number of hydrogen-bond acceptors (Lipinski definition) is 3. The smallest absolute Gasteiger partial charge is 0.342 e. The van der Waals surface area contributed by atoms with Gasteiger partial charge in [0.05, 0.1) is 0 Å². The molecule has 1 heterocycles. The Morgan fingerprint density at radius 2 is 1.95 bits per heavy atom. The Morgan fingerprint density at radius 1 is 1.26 bits per heavy atom. The molecular weight excluding hydrogens is 289 g/mol. The zero-order chi connectivity index (χ0) is 13.8. The van der Waals surface area contributed by atoms with Crippen molar-refractivity contribution in [1.29, 1.82) is 0 Å². The van der Waals surface area contributed by atoms with E-state index in [-0.39, 0.29) is 28.2 Å². The molecular formula is C13H9Cl2NO3. The van der Waals surface area contributed by atoms with Gasteiger partial charge in [-0.25, -0.2) is 9.78 Å². The van der Waals surface area contributed by atoms with Gasteiger partial charge in [-0.3, -0.25) is 0 Å². The predicted molar refractivity (Wildman–Crippen MR) is 72.0 cm³/mol. The van der Waals surface area contributed by atoms with Gasteiger partial charge in [0.2, 0.25) is 0 Å². The number of pyridine rings is 1. The largest absolute Gasteiger partial charge is 0.488 e. The van der Waals surface area contributed by atoms with E-state index < -0.39 is 5.97 Å². The van der Waals surface area contributed by atoms with Crippen molar-refractivity contribution in [3.8, 4) is 5.75 Å². The highest BCUT2D eigenvalue weighted by Crippen LogP contribution is 2.28. The first kappa shape index (κ1) is 13.6. The summed E-state index contributed by atoms with van der Waals surface area (Å²) in [6, 6.07) is 10.7. The van der Waals surface area contributed by atoms with Crippen LogP contribution in [0.3, 0.4) is 0 Å². The minimum Gasteiger partial charge on any atom is -0.488 e. The van der Waals surface area contributed by atoms with Crippen LogP contribution in [0.25, 0.3) is 0 Å². The number of rotatable bonds is 4. The average molecular weight is 298 g/mol. The maximum absolute atomic E-state index is 11.1. The van der Waals surface area contributed by atoms with Gasteiger partial charge in [0.15, 0.2) is 0 Å². The molecule has 0 atom stereocenters. The molecule has 0 aliphatic carbocycles. The number of halogens is 2. The Bertz CT molecular complexity index is 602. The first-order chi connectivity index (χ1) is 9.08. The standard InChI is InChI=1S/C13H9Cl2NO3/c14-10-6-9(11(13(17)18)12(15)16-10)19-7-8-4-2-1-3-5-8/h1-6H,7H2,(H,17,18). The monoisotopic (exact) mass is 297 g/mol. The van der Waals surface area contributed by atoms with Crippen LogP contribution in [0.1, 0.15) is 15.9 Å². The van der Waals surface area contributed by atoms with E-state index >= 15 is 0 Å². The van der Waals surface area contributed by atoms with Crippen LogP contribution in [-0.4, -0.2) is 16.1 Å². The van der Waals surface area contributed by atoms with Crippen LogP contribution in [0, 0.1) is 0 Å². The number of carbonyl (C=O) groups is 1. The lowest BCUT2D eigenvalue weighted by atomic mass is 10.2. The van der Waals surface area contributed by atoms with Crippen molar-refractivity contribution in [1.82, 2.24) is 4.98 Å². The third kappa shape index (κ3) is 3.36. The van der Waals surface area contributed by atoms with Crippen LogP contribution >= 0.6 is 23.2 Å². The summed E-state index contributed by atoms with van der Waals surface area (Å²) in [5, 5.41) is 8.98. The van der Waals surface area contributed by atoms with Crippen molar-refractivity contribution in [3.63, 3.8) is 0 Å². The number of nitrogens with zero attached hydrogens (tertiary/aromatic N) is 1. The molecule has 0 fully saturated rings. The Kier molecular flexibility index (Phi) is 4.24. The summed E-state index contributed by atoms with van der Waals surface area (Å²) in [4.78, 5) is 14.8. The molecule has 0 spiro atoms. The first-order valence-corrected chi connectivity index (χ1v) is 6.09. The van der Waals surface area contributed by atoms with Crippen LogP contribution in [-0.2, 0) is 6.61 Å². The Labute approximate surface area is 119 Å². The van der Waals surface area contributed by atoms with Gasteiger partial charge in [-0.15, -0.1) is 0 Å². The minimum absolute atomic E-state index is 0.0815. The van der Waals surface area contributed by atoms with Gasteiger partial charge in [0, 0.05) is 6.07 Å². The van der Waals surface area contributed by atoms with Crippen molar-refractivity contribution in [2.75, 3.05) is 0 Å². The molecule has 1 aromatic heterocycles. The van der Waals surface area contributed by atoms with Gasteiger partial charge in [-0.2, -0.15) is 0 Å². The summed E-state index contributed by atoms with van der Waals surface area (Å²) in [6.07, 6.45) is 0. The summed E-state index contributed by atoms with van der Waals surface area (Å²) in [5.41, 5.74) is 0.713. The van der Waals surface area contributed by atoms with Crippen molar-refractivity contribution in [2.45, 2.75) is 6.61 Å². The molecule has 0 aliphatic heterocycles. The number of carboxylic acids is 1. The van der Waals surface area contributed by atoms with E-state index in [0.717, 1.165) is 5.56 Å². The third-order valence-corrected chi connectivity index (χ3v) is 2.83. The average Bonchev–Trinajstić information content (AvgIpc) is 2.36. The number of ether oxygens (including phenoxy) is 1. The van der Waals surface area contributed by atoms with E-state index in [4.69, 9.17) is 33.0 Å². The molecule has 1 aromatic carbocycles. The molecule has 1 N–H and O–H groups in total. The molecule has 0 amide bonds. The second-order valence-corrected chi connectivity index (χ2v) is 4.43. The van der Waals surface area contributed by atoms with Crippen molar-refractivity contribution in [2.24, 2.45) is 0 Å². The highest BCUT2D eigenvalue weighted by molar-refractivity contribution is 6.34.